The number of esters is 1. The van der Waals surface area contributed by atoms with Crippen molar-refractivity contribution in [1.29, 1.82) is 0 Å². The Kier molecular flexibility index (Phi) is 6.14. The molecule has 1 unspecified atom stereocenters. The Balaban J connectivity index is 2.03. The van der Waals surface area contributed by atoms with Crippen LogP contribution in [-0.4, -0.2) is 25.2 Å². The first-order chi connectivity index (χ1) is 11.5. The molecule has 0 fully saturated rings. The van der Waals surface area contributed by atoms with Crippen LogP contribution in [0.2, 0.25) is 5.02 Å². The number of hydrogen-bond acceptors (Lipinski definition) is 3. The fraction of sp³-hybridized carbons (Fsp3) is 0.176. The van der Waals surface area contributed by atoms with Crippen molar-refractivity contribution in [3.05, 3.63) is 64.9 Å². The summed E-state index contributed by atoms with van der Waals surface area (Å²) < 4.78 is 17.8. The largest absolute Gasteiger partial charge is 0.467 e. The van der Waals surface area contributed by atoms with Gasteiger partial charge in [-0.15, -0.1) is 0 Å². The number of anilines is 1. The molecule has 0 aromatic heterocycles. The molecular formula is C17H16ClFN2O3. The zero-order valence-electron chi connectivity index (χ0n) is 12.9. The van der Waals surface area contributed by atoms with E-state index >= 15 is 0 Å². The molecule has 2 amide bonds. The van der Waals surface area contributed by atoms with Crippen LogP contribution < -0.4 is 10.6 Å². The summed E-state index contributed by atoms with van der Waals surface area (Å²) in [6.45, 7) is 0. The predicted molar refractivity (Wildman–Crippen MR) is 89.5 cm³/mol. The summed E-state index contributed by atoms with van der Waals surface area (Å²) in [7, 11) is 1.25. The van der Waals surface area contributed by atoms with E-state index in [9.17, 15) is 14.0 Å². The molecule has 0 spiro atoms. The van der Waals surface area contributed by atoms with Crippen LogP contribution in [0.5, 0.6) is 0 Å². The maximum Gasteiger partial charge on any atom is 0.328 e. The van der Waals surface area contributed by atoms with E-state index in [1.807, 2.05) is 30.3 Å². The van der Waals surface area contributed by atoms with Gasteiger partial charge in [-0.05, 0) is 23.8 Å². The summed E-state index contributed by atoms with van der Waals surface area (Å²) in [4.78, 5) is 23.9. The first-order valence-electron chi connectivity index (χ1n) is 7.14. The second-order valence-corrected chi connectivity index (χ2v) is 5.40. The lowest BCUT2D eigenvalue weighted by Crippen LogP contribution is -2.45. The Morgan fingerprint density at radius 1 is 1.21 bits per heavy atom. The van der Waals surface area contributed by atoms with Crippen LogP contribution in [0.15, 0.2) is 48.5 Å². The summed E-state index contributed by atoms with van der Waals surface area (Å²) in [6, 6.07) is 11.5. The van der Waals surface area contributed by atoms with E-state index in [2.05, 4.69) is 10.6 Å². The number of methoxy groups -OCH3 is 1. The Morgan fingerprint density at radius 2 is 1.92 bits per heavy atom. The van der Waals surface area contributed by atoms with Crippen LogP contribution in [0.25, 0.3) is 0 Å². The van der Waals surface area contributed by atoms with E-state index in [4.69, 9.17) is 16.3 Å². The third-order valence-electron chi connectivity index (χ3n) is 3.25. The van der Waals surface area contributed by atoms with Crippen LogP contribution in [0, 0.1) is 5.82 Å². The van der Waals surface area contributed by atoms with Gasteiger partial charge >= 0.3 is 12.0 Å². The molecule has 0 radical (unpaired) electrons. The minimum absolute atomic E-state index is 0.110. The van der Waals surface area contributed by atoms with Crippen molar-refractivity contribution in [2.24, 2.45) is 0 Å². The van der Waals surface area contributed by atoms with Crippen molar-refractivity contribution in [3.63, 3.8) is 0 Å². The van der Waals surface area contributed by atoms with Gasteiger partial charge in [0.15, 0.2) is 0 Å². The van der Waals surface area contributed by atoms with E-state index < -0.39 is 23.9 Å². The molecule has 0 saturated heterocycles. The molecule has 7 heteroatoms. The van der Waals surface area contributed by atoms with Crippen molar-refractivity contribution >= 4 is 29.3 Å². The Hall–Kier alpha value is -2.60. The SMILES string of the molecule is COC(=O)C(Cc1ccccc1)NC(=O)Nc1ccc(F)c(Cl)c1. The second kappa shape index (κ2) is 8.31. The minimum atomic E-state index is -0.853. The van der Waals surface area contributed by atoms with E-state index in [0.29, 0.717) is 5.69 Å². The van der Waals surface area contributed by atoms with Gasteiger partial charge in [-0.1, -0.05) is 41.9 Å². The molecule has 0 aliphatic heterocycles. The number of hydrogen-bond donors (Lipinski definition) is 2. The normalized spacial score (nSPS) is 11.5. The van der Waals surface area contributed by atoms with Crippen LogP contribution in [0.4, 0.5) is 14.9 Å². The lowest BCUT2D eigenvalue weighted by atomic mass is 10.1. The zero-order valence-corrected chi connectivity index (χ0v) is 13.6. The van der Waals surface area contributed by atoms with Gasteiger partial charge in [0.25, 0.3) is 0 Å². The van der Waals surface area contributed by atoms with Gasteiger partial charge in [-0.25, -0.2) is 14.0 Å². The number of ether oxygens (including phenoxy) is 1. The van der Waals surface area contributed by atoms with E-state index in [1.54, 1.807) is 0 Å². The summed E-state index contributed by atoms with van der Waals surface area (Å²) in [5.74, 6) is -1.15. The standard InChI is InChI=1S/C17H16ClFN2O3/c1-24-16(22)15(9-11-5-3-2-4-6-11)21-17(23)20-12-7-8-14(19)13(18)10-12/h2-8,10,15H,9H2,1H3,(H2,20,21,23). The topological polar surface area (TPSA) is 67.4 Å². The Labute approximate surface area is 143 Å². The number of rotatable bonds is 5. The fourth-order valence-electron chi connectivity index (χ4n) is 2.08. The summed E-state index contributed by atoms with van der Waals surface area (Å²) >= 11 is 5.66. The molecular weight excluding hydrogens is 335 g/mol. The van der Waals surface area contributed by atoms with Crippen molar-refractivity contribution in [1.82, 2.24) is 5.32 Å². The van der Waals surface area contributed by atoms with Crippen molar-refractivity contribution in [2.75, 3.05) is 12.4 Å². The molecule has 5 nitrogen and oxygen atoms in total. The molecule has 0 bridgehead atoms. The minimum Gasteiger partial charge on any atom is -0.467 e. The number of benzene rings is 2. The number of urea groups is 1. The first kappa shape index (κ1) is 17.7. The number of carbonyl (C=O) groups excluding carboxylic acids is 2. The summed E-state index contributed by atoms with van der Waals surface area (Å²) in [5, 5.41) is 4.92. The lowest BCUT2D eigenvalue weighted by molar-refractivity contribution is -0.142. The van der Waals surface area contributed by atoms with Crippen LogP contribution in [0.3, 0.4) is 0 Å². The van der Waals surface area contributed by atoms with Gasteiger partial charge in [-0.2, -0.15) is 0 Å². The summed E-state index contributed by atoms with van der Waals surface area (Å²) in [6.07, 6.45) is 0.283. The smallest absolute Gasteiger partial charge is 0.328 e. The molecule has 0 saturated carbocycles. The van der Waals surface area contributed by atoms with Crippen LogP contribution in [-0.2, 0) is 16.0 Å². The maximum atomic E-state index is 13.1. The number of nitrogens with one attached hydrogen (secondary N) is 2. The lowest BCUT2D eigenvalue weighted by Gasteiger charge is -2.17. The molecule has 2 N–H and O–H groups in total. The van der Waals surface area contributed by atoms with Gasteiger partial charge in [0.05, 0.1) is 12.1 Å². The van der Waals surface area contributed by atoms with Gasteiger partial charge in [0.1, 0.15) is 11.9 Å². The Bertz CT molecular complexity index is 725. The third-order valence-corrected chi connectivity index (χ3v) is 3.54. The zero-order chi connectivity index (χ0) is 17.5. The number of halogens is 2. The highest BCUT2D eigenvalue weighted by Gasteiger charge is 2.22. The van der Waals surface area contributed by atoms with E-state index in [0.717, 1.165) is 11.6 Å². The predicted octanol–water partition coefficient (Wildman–Crippen LogP) is 3.38. The molecule has 1 atom stereocenters. The van der Waals surface area contributed by atoms with Gasteiger partial charge in [0.2, 0.25) is 0 Å². The van der Waals surface area contributed by atoms with Crippen molar-refractivity contribution < 1.29 is 18.7 Å². The molecule has 2 aromatic carbocycles. The van der Waals surface area contributed by atoms with Gasteiger partial charge in [0, 0.05) is 12.1 Å². The van der Waals surface area contributed by atoms with E-state index in [-0.39, 0.29) is 11.4 Å². The number of carbonyl (C=O) groups is 2. The van der Waals surface area contributed by atoms with E-state index in [1.165, 1.54) is 19.2 Å². The quantitative estimate of drug-likeness (QED) is 0.812. The van der Waals surface area contributed by atoms with Gasteiger partial charge < -0.3 is 15.4 Å². The molecule has 0 aliphatic carbocycles. The maximum absolute atomic E-state index is 13.1. The highest BCUT2D eigenvalue weighted by molar-refractivity contribution is 6.31. The van der Waals surface area contributed by atoms with Gasteiger partial charge in [-0.3, -0.25) is 0 Å². The highest BCUT2D eigenvalue weighted by Crippen LogP contribution is 2.19. The number of amides is 2. The molecule has 0 heterocycles. The monoisotopic (exact) mass is 350 g/mol. The van der Waals surface area contributed by atoms with Crippen molar-refractivity contribution in [3.8, 4) is 0 Å². The van der Waals surface area contributed by atoms with Crippen LogP contribution >= 0.6 is 11.6 Å². The molecule has 2 aromatic rings. The second-order valence-electron chi connectivity index (χ2n) is 4.99. The first-order valence-corrected chi connectivity index (χ1v) is 7.51. The average Bonchev–Trinajstić information content (AvgIpc) is 2.58. The molecule has 24 heavy (non-hydrogen) atoms. The Morgan fingerprint density at radius 3 is 2.54 bits per heavy atom. The molecule has 126 valence electrons. The average molecular weight is 351 g/mol. The molecule has 2 rings (SSSR count). The highest BCUT2D eigenvalue weighted by atomic mass is 35.5. The fourth-order valence-corrected chi connectivity index (χ4v) is 2.27. The van der Waals surface area contributed by atoms with Crippen molar-refractivity contribution in [2.45, 2.75) is 12.5 Å². The summed E-state index contributed by atoms with van der Waals surface area (Å²) in [5.41, 5.74) is 1.18. The van der Waals surface area contributed by atoms with Crippen LogP contribution in [0.1, 0.15) is 5.56 Å². The molecule has 0 aliphatic rings. The third kappa shape index (κ3) is 4.96.